The Labute approximate surface area is 103 Å². The molecular formula is C14H10F2N2. The third-order valence-electron chi connectivity index (χ3n) is 2.42. The van der Waals surface area contributed by atoms with Crippen LogP contribution in [0, 0.1) is 29.9 Å². The van der Waals surface area contributed by atoms with E-state index in [1.54, 1.807) is 25.1 Å². The second kappa shape index (κ2) is 4.84. The predicted octanol–water partition coefficient (Wildman–Crippen LogP) is 3.89. The molecule has 0 saturated carbocycles. The number of nitrogens with zero attached hydrogens (tertiary/aromatic N) is 1. The minimum Gasteiger partial charge on any atom is -0.355 e. The van der Waals surface area contributed by atoms with E-state index in [1.165, 1.54) is 24.3 Å². The van der Waals surface area contributed by atoms with E-state index in [1.807, 2.05) is 0 Å². The summed E-state index contributed by atoms with van der Waals surface area (Å²) in [7, 11) is 0. The maximum Gasteiger partial charge on any atom is 0.143 e. The smallest absolute Gasteiger partial charge is 0.143 e. The molecule has 0 atom stereocenters. The van der Waals surface area contributed by atoms with Crippen molar-refractivity contribution in [1.29, 1.82) is 5.26 Å². The van der Waals surface area contributed by atoms with Crippen molar-refractivity contribution >= 4 is 11.4 Å². The fourth-order valence-electron chi connectivity index (χ4n) is 1.66. The number of hydrogen-bond donors (Lipinski definition) is 1. The molecule has 1 N–H and O–H groups in total. The fraction of sp³-hybridized carbons (Fsp3) is 0.0714. The van der Waals surface area contributed by atoms with E-state index in [4.69, 9.17) is 5.26 Å². The number of nitriles is 1. The average Bonchev–Trinajstić information content (AvgIpc) is 2.27. The molecule has 0 radical (unpaired) electrons. The molecule has 0 fully saturated rings. The summed E-state index contributed by atoms with van der Waals surface area (Å²) in [6.45, 7) is 1.77. The van der Waals surface area contributed by atoms with Crippen LogP contribution in [-0.4, -0.2) is 0 Å². The highest BCUT2D eigenvalue weighted by atomic mass is 19.1. The molecule has 0 aliphatic carbocycles. The Morgan fingerprint density at radius 2 is 1.83 bits per heavy atom. The van der Waals surface area contributed by atoms with Crippen molar-refractivity contribution < 1.29 is 8.78 Å². The highest BCUT2D eigenvalue weighted by Gasteiger charge is 2.04. The quantitative estimate of drug-likeness (QED) is 0.869. The van der Waals surface area contributed by atoms with Gasteiger partial charge in [-0.3, -0.25) is 0 Å². The first kappa shape index (κ1) is 12.1. The maximum atomic E-state index is 13.4. The van der Waals surface area contributed by atoms with E-state index >= 15 is 0 Å². The van der Waals surface area contributed by atoms with E-state index in [2.05, 4.69) is 5.32 Å². The Kier molecular flexibility index (Phi) is 3.24. The molecular weight excluding hydrogens is 234 g/mol. The summed E-state index contributed by atoms with van der Waals surface area (Å²) in [4.78, 5) is 0. The minimum atomic E-state index is -0.601. The van der Waals surface area contributed by atoms with Gasteiger partial charge in [0.15, 0.2) is 0 Å². The minimum absolute atomic E-state index is 0.0176. The summed E-state index contributed by atoms with van der Waals surface area (Å²) in [6.07, 6.45) is 0. The zero-order chi connectivity index (χ0) is 13.1. The monoisotopic (exact) mass is 244 g/mol. The standard InChI is InChI=1S/C14H10F2N2/c1-9-4-11(15)6-13(5-9)18-12-3-2-10(8-17)14(16)7-12/h2-7,18H,1H3. The Morgan fingerprint density at radius 3 is 2.44 bits per heavy atom. The molecule has 2 aromatic rings. The van der Waals surface area contributed by atoms with Gasteiger partial charge in [0.05, 0.1) is 5.56 Å². The summed E-state index contributed by atoms with van der Waals surface area (Å²) >= 11 is 0. The lowest BCUT2D eigenvalue weighted by molar-refractivity contribution is 0.624. The summed E-state index contributed by atoms with van der Waals surface area (Å²) in [5.41, 5.74) is 1.76. The molecule has 18 heavy (non-hydrogen) atoms. The van der Waals surface area contributed by atoms with E-state index in [-0.39, 0.29) is 11.4 Å². The van der Waals surface area contributed by atoms with Gasteiger partial charge in [-0.2, -0.15) is 5.26 Å². The first-order valence-electron chi connectivity index (χ1n) is 5.32. The second-order valence-corrected chi connectivity index (χ2v) is 3.95. The topological polar surface area (TPSA) is 35.8 Å². The average molecular weight is 244 g/mol. The van der Waals surface area contributed by atoms with Crippen LogP contribution in [0.3, 0.4) is 0 Å². The van der Waals surface area contributed by atoms with Gasteiger partial charge in [-0.25, -0.2) is 8.78 Å². The summed E-state index contributed by atoms with van der Waals surface area (Å²) in [5, 5.41) is 11.5. The van der Waals surface area contributed by atoms with Crippen molar-refractivity contribution in [3.63, 3.8) is 0 Å². The molecule has 90 valence electrons. The van der Waals surface area contributed by atoms with Crippen LogP contribution in [0.25, 0.3) is 0 Å². The van der Waals surface area contributed by atoms with Gasteiger partial charge in [-0.05, 0) is 48.9 Å². The molecule has 2 rings (SSSR count). The van der Waals surface area contributed by atoms with Crippen LogP contribution >= 0.6 is 0 Å². The summed E-state index contributed by atoms with van der Waals surface area (Å²) in [5.74, 6) is -0.956. The number of anilines is 2. The number of benzene rings is 2. The number of halogens is 2. The van der Waals surface area contributed by atoms with Crippen molar-refractivity contribution in [2.24, 2.45) is 0 Å². The molecule has 0 saturated heterocycles. The SMILES string of the molecule is Cc1cc(F)cc(Nc2ccc(C#N)c(F)c2)c1. The van der Waals surface area contributed by atoms with Crippen LogP contribution in [0.1, 0.15) is 11.1 Å². The molecule has 0 unspecified atom stereocenters. The Hall–Kier alpha value is -2.41. The van der Waals surface area contributed by atoms with Gasteiger partial charge in [0, 0.05) is 11.4 Å². The van der Waals surface area contributed by atoms with Gasteiger partial charge < -0.3 is 5.32 Å². The third-order valence-corrected chi connectivity index (χ3v) is 2.42. The number of nitrogens with one attached hydrogen (secondary N) is 1. The number of hydrogen-bond acceptors (Lipinski definition) is 2. The number of aryl methyl sites for hydroxylation is 1. The molecule has 4 heteroatoms. The van der Waals surface area contributed by atoms with E-state index in [9.17, 15) is 8.78 Å². The lowest BCUT2D eigenvalue weighted by atomic mass is 10.2. The summed E-state index contributed by atoms with van der Waals surface area (Å²) < 4.78 is 26.5. The van der Waals surface area contributed by atoms with Crippen LogP contribution in [0.4, 0.5) is 20.2 Å². The van der Waals surface area contributed by atoms with Crippen LogP contribution in [0.5, 0.6) is 0 Å². The van der Waals surface area contributed by atoms with Gasteiger partial charge in [0.2, 0.25) is 0 Å². The van der Waals surface area contributed by atoms with Crippen molar-refractivity contribution in [2.45, 2.75) is 6.92 Å². The molecule has 0 aromatic heterocycles. The van der Waals surface area contributed by atoms with E-state index < -0.39 is 5.82 Å². The van der Waals surface area contributed by atoms with E-state index in [0.29, 0.717) is 11.4 Å². The van der Waals surface area contributed by atoms with Gasteiger partial charge in [0.1, 0.15) is 17.7 Å². The van der Waals surface area contributed by atoms with E-state index in [0.717, 1.165) is 5.56 Å². The first-order chi connectivity index (χ1) is 8.58. The predicted molar refractivity (Wildman–Crippen MR) is 65.5 cm³/mol. The third kappa shape index (κ3) is 2.64. The zero-order valence-electron chi connectivity index (χ0n) is 9.67. The Balaban J connectivity index is 2.29. The van der Waals surface area contributed by atoms with Crippen LogP contribution in [-0.2, 0) is 0 Å². The molecule has 0 aliphatic heterocycles. The molecule has 0 heterocycles. The van der Waals surface area contributed by atoms with Crippen molar-refractivity contribution in [1.82, 2.24) is 0 Å². The zero-order valence-corrected chi connectivity index (χ0v) is 9.67. The van der Waals surface area contributed by atoms with Gasteiger partial charge in [-0.1, -0.05) is 0 Å². The highest BCUT2D eigenvalue weighted by Crippen LogP contribution is 2.21. The molecule has 0 bridgehead atoms. The largest absolute Gasteiger partial charge is 0.355 e. The van der Waals surface area contributed by atoms with Gasteiger partial charge >= 0.3 is 0 Å². The molecule has 0 spiro atoms. The van der Waals surface area contributed by atoms with Gasteiger partial charge in [-0.15, -0.1) is 0 Å². The van der Waals surface area contributed by atoms with Gasteiger partial charge in [0.25, 0.3) is 0 Å². The molecule has 0 amide bonds. The maximum absolute atomic E-state index is 13.4. The second-order valence-electron chi connectivity index (χ2n) is 3.95. The fourth-order valence-corrected chi connectivity index (χ4v) is 1.66. The van der Waals surface area contributed by atoms with Crippen LogP contribution in [0.2, 0.25) is 0 Å². The van der Waals surface area contributed by atoms with Crippen LogP contribution in [0.15, 0.2) is 36.4 Å². The van der Waals surface area contributed by atoms with Crippen molar-refractivity contribution in [2.75, 3.05) is 5.32 Å². The first-order valence-corrected chi connectivity index (χ1v) is 5.32. The van der Waals surface area contributed by atoms with Crippen molar-refractivity contribution in [3.8, 4) is 6.07 Å². The Bertz CT molecular complexity index is 610. The van der Waals surface area contributed by atoms with Crippen LogP contribution < -0.4 is 5.32 Å². The molecule has 2 nitrogen and oxygen atoms in total. The lowest BCUT2D eigenvalue weighted by Gasteiger charge is -2.08. The lowest BCUT2D eigenvalue weighted by Crippen LogP contribution is -1.94. The van der Waals surface area contributed by atoms with Crippen molar-refractivity contribution in [3.05, 3.63) is 59.2 Å². The number of rotatable bonds is 2. The summed E-state index contributed by atoms with van der Waals surface area (Å²) in [6, 6.07) is 10.4. The Morgan fingerprint density at radius 1 is 1.06 bits per heavy atom. The normalized spacial score (nSPS) is 9.89. The molecule has 2 aromatic carbocycles. The highest BCUT2D eigenvalue weighted by molar-refractivity contribution is 5.61. The molecule has 0 aliphatic rings.